The molecule has 0 unspecified atom stereocenters. The number of H-pyrrole nitrogens is 1. The number of amides is 2. The van der Waals surface area contributed by atoms with E-state index in [2.05, 4.69) is 31.8 Å². The van der Waals surface area contributed by atoms with Crippen molar-refractivity contribution >= 4 is 11.8 Å². The minimum absolute atomic E-state index is 0.0358. The van der Waals surface area contributed by atoms with E-state index in [-0.39, 0.29) is 25.3 Å². The van der Waals surface area contributed by atoms with Crippen molar-refractivity contribution in [3.8, 4) is 0 Å². The second-order valence-corrected chi connectivity index (χ2v) is 8.68. The summed E-state index contributed by atoms with van der Waals surface area (Å²) in [5, 5.41) is 13.1. The molecule has 2 aliphatic rings. The van der Waals surface area contributed by atoms with Crippen LogP contribution in [0.15, 0.2) is 54.9 Å². The smallest absolute Gasteiger partial charge is 0.243 e. The number of benzene rings is 1. The standard InChI is InChI=1S/C24H25FN6O2/c25-18-10-21(31(14-18)22(32)11-19-13-27-30-29-19)24(33)28-23(16-4-2-1-3-5-16)20-9-8-17(12-26-20)15-6-7-15/h1-5,8-9,12-13,15,18,21,23H,6-7,10-11,14H2,(H,28,33)(H,27,29,30)/t18-,21+,23-/m1/s1. The summed E-state index contributed by atoms with van der Waals surface area (Å²) >= 11 is 0. The highest BCUT2D eigenvalue weighted by Crippen LogP contribution is 2.39. The molecule has 8 nitrogen and oxygen atoms in total. The van der Waals surface area contributed by atoms with Crippen LogP contribution >= 0.6 is 0 Å². The minimum atomic E-state index is -1.26. The molecule has 0 spiro atoms. The molecule has 0 bridgehead atoms. The van der Waals surface area contributed by atoms with Gasteiger partial charge in [-0.1, -0.05) is 36.4 Å². The lowest BCUT2D eigenvalue weighted by Gasteiger charge is -2.26. The normalized spacial score (nSPS) is 21.1. The first kappa shape index (κ1) is 21.2. The summed E-state index contributed by atoms with van der Waals surface area (Å²) in [6, 6.07) is 12.1. The van der Waals surface area contributed by atoms with Gasteiger partial charge in [-0.15, -0.1) is 0 Å². The molecule has 33 heavy (non-hydrogen) atoms. The fraction of sp³-hybridized carbons (Fsp3) is 0.375. The number of nitrogens with one attached hydrogen (secondary N) is 2. The number of alkyl halides is 1. The van der Waals surface area contributed by atoms with Gasteiger partial charge in [0, 0.05) is 12.6 Å². The molecule has 2 fully saturated rings. The summed E-state index contributed by atoms with van der Waals surface area (Å²) in [5.74, 6) is -0.168. The molecule has 1 aliphatic carbocycles. The van der Waals surface area contributed by atoms with Gasteiger partial charge in [-0.25, -0.2) is 4.39 Å². The molecular formula is C24H25FN6O2. The zero-order chi connectivity index (χ0) is 22.8. The molecule has 3 aromatic rings. The Bertz CT molecular complexity index is 1100. The molecule has 1 saturated carbocycles. The Labute approximate surface area is 190 Å². The van der Waals surface area contributed by atoms with Crippen LogP contribution in [0.1, 0.15) is 53.7 Å². The van der Waals surface area contributed by atoms with E-state index < -0.39 is 24.2 Å². The van der Waals surface area contributed by atoms with Gasteiger partial charge >= 0.3 is 0 Å². The predicted octanol–water partition coefficient (Wildman–Crippen LogP) is 2.46. The van der Waals surface area contributed by atoms with Gasteiger partial charge in [0.15, 0.2) is 0 Å². The van der Waals surface area contributed by atoms with Crippen molar-refractivity contribution in [3.05, 3.63) is 77.4 Å². The third-order valence-corrected chi connectivity index (χ3v) is 6.24. The van der Waals surface area contributed by atoms with Crippen molar-refractivity contribution in [2.24, 2.45) is 0 Å². The van der Waals surface area contributed by atoms with Crippen LogP contribution in [0.3, 0.4) is 0 Å². The van der Waals surface area contributed by atoms with Crippen LogP contribution in [0.25, 0.3) is 0 Å². The molecule has 5 rings (SSSR count). The number of nitrogens with zero attached hydrogens (tertiary/aromatic N) is 4. The maximum Gasteiger partial charge on any atom is 0.243 e. The fourth-order valence-corrected chi connectivity index (χ4v) is 4.33. The van der Waals surface area contributed by atoms with Gasteiger partial charge in [-0.2, -0.15) is 15.4 Å². The van der Waals surface area contributed by atoms with Crippen LogP contribution in [0.5, 0.6) is 0 Å². The van der Waals surface area contributed by atoms with Crippen LogP contribution in [0.4, 0.5) is 4.39 Å². The number of pyridine rings is 1. The second-order valence-electron chi connectivity index (χ2n) is 8.68. The quantitative estimate of drug-likeness (QED) is 0.578. The highest BCUT2D eigenvalue weighted by atomic mass is 19.1. The zero-order valence-corrected chi connectivity index (χ0v) is 18.0. The van der Waals surface area contributed by atoms with E-state index in [1.807, 2.05) is 42.6 Å². The van der Waals surface area contributed by atoms with Crippen molar-refractivity contribution in [2.75, 3.05) is 6.54 Å². The van der Waals surface area contributed by atoms with Crippen LogP contribution in [-0.4, -0.2) is 55.9 Å². The molecule has 170 valence electrons. The summed E-state index contributed by atoms with van der Waals surface area (Å²) in [5.41, 5.74) is 3.23. The first-order valence-corrected chi connectivity index (χ1v) is 11.2. The number of rotatable bonds is 7. The molecular weight excluding hydrogens is 423 g/mol. The topological polar surface area (TPSA) is 104 Å². The van der Waals surface area contributed by atoms with Crippen LogP contribution < -0.4 is 5.32 Å². The van der Waals surface area contributed by atoms with E-state index in [1.165, 1.54) is 29.5 Å². The third-order valence-electron chi connectivity index (χ3n) is 6.24. The lowest BCUT2D eigenvalue weighted by Crippen LogP contribution is -2.47. The summed E-state index contributed by atoms with van der Waals surface area (Å²) < 4.78 is 14.3. The molecule has 1 saturated heterocycles. The average Bonchev–Trinajstić information content (AvgIpc) is 3.42. The van der Waals surface area contributed by atoms with Gasteiger partial charge in [-0.3, -0.25) is 14.6 Å². The predicted molar refractivity (Wildman–Crippen MR) is 118 cm³/mol. The molecule has 3 heterocycles. The monoisotopic (exact) mass is 448 g/mol. The van der Waals surface area contributed by atoms with Gasteiger partial charge in [-0.05, 0) is 36.0 Å². The molecule has 0 radical (unpaired) electrons. The summed E-state index contributed by atoms with van der Waals surface area (Å²) in [7, 11) is 0. The Kier molecular flexibility index (Phi) is 5.85. The van der Waals surface area contributed by atoms with E-state index in [0.717, 1.165) is 5.56 Å². The van der Waals surface area contributed by atoms with Gasteiger partial charge in [0.1, 0.15) is 12.2 Å². The molecule has 1 aliphatic heterocycles. The van der Waals surface area contributed by atoms with Gasteiger partial charge in [0.05, 0.1) is 36.6 Å². The van der Waals surface area contributed by atoms with Crippen molar-refractivity contribution in [1.29, 1.82) is 0 Å². The van der Waals surface area contributed by atoms with Gasteiger partial charge < -0.3 is 10.2 Å². The molecule has 2 amide bonds. The molecule has 1 aromatic carbocycles. The van der Waals surface area contributed by atoms with E-state index in [9.17, 15) is 14.0 Å². The molecule has 2 N–H and O–H groups in total. The first-order chi connectivity index (χ1) is 16.1. The lowest BCUT2D eigenvalue weighted by atomic mass is 10.0. The highest BCUT2D eigenvalue weighted by Gasteiger charge is 2.40. The number of hydrogen-bond acceptors (Lipinski definition) is 5. The van der Waals surface area contributed by atoms with Crippen LogP contribution in [0.2, 0.25) is 0 Å². The largest absolute Gasteiger partial charge is 0.342 e. The maximum absolute atomic E-state index is 14.3. The fourth-order valence-electron chi connectivity index (χ4n) is 4.33. The summed E-state index contributed by atoms with van der Waals surface area (Å²) in [6.45, 7) is -0.112. The Hall–Kier alpha value is -3.62. The highest BCUT2D eigenvalue weighted by molar-refractivity contribution is 5.89. The number of aromatic nitrogens is 4. The van der Waals surface area contributed by atoms with Crippen LogP contribution in [0, 0.1) is 0 Å². The van der Waals surface area contributed by atoms with E-state index in [4.69, 9.17) is 0 Å². The third kappa shape index (κ3) is 4.76. The van der Waals surface area contributed by atoms with E-state index >= 15 is 0 Å². The Balaban J connectivity index is 1.36. The molecule has 9 heteroatoms. The van der Waals surface area contributed by atoms with Crippen molar-refractivity contribution in [2.45, 2.75) is 49.9 Å². The van der Waals surface area contributed by atoms with Crippen molar-refractivity contribution in [1.82, 2.24) is 30.6 Å². The lowest BCUT2D eigenvalue weighted by molar-refractivity contribution is -0.138. The second kappa shape index (κ2) is 9.09. The molecule has 3 atom stereocenters. The summed E-state index contributed by atoms with van der Waals surface area (Å²) in [6.07, 6.45) is 4.35. The molecule has 2 aromatic heterocycles. The number of likely N-dealkylation sites (tertiary alicyclic amines) is 1. The Morgan fingerprint density at radius 2 is 1.97 bits per heavy atom. The Morgan fingerprint density at radius 1 is 1.15 bits per heavy atom. The minimum Gasteiger partial charge on any atom is -0.342 e. The van der Waals surface area contributed by atoms with E-state index in [0.29, 0.717) is 17.3 Å². The van der Waals surface area contributed by atoms with E-state index in [1.54, 1.807) is 0 Å². The van der Waals surface area contributed by atoms with Gasteiger partial charge in [0.25, 0.3) is 0 Å². The Morgan fingerprint density at radius 3 is 2.64 bits per heavy atom. The van der Waals surface area contributed by atoms with Crippen LogP contribution in [-0.2, 0) is 16.0 Å². The number of hydrogen-bond donors (Lipinski definition) is 2. The van der Waals surface area contributed by atoms with Crippen molar-refractivity contribution < 1.29 is 14.0 Å². The SMILES string of the molecule is O=C(N[C@H](c1ccccc1)c1ccc(C2CC2)cn1)[C@@H]1C[C@@H](F)CN1C(=O)Cc1cn[nH]n1. The number of carbonyl (C=O) groups is 2. The van der Waals surface area contributed by atoms with Crippen molar-refractivity contribution in [3.63, 3.8) is 0 Å². The number of aromatic amines is 1. The number of carbonyl (C=O) groups excluding carboxylic acids is 2. The maximum atomic E-state index is 14.3. The van der Waals surface area contributed by atoms with Gasteiger partial charge in [0.2, 0.25) is 11.8 Å². The average molecular weight is 449 g/mol. The summed E-state index contributed by atoms with van der Waals surface area (Å²) in [4.78, 5) is 32.0. The zero-order valence-electron chi connectivity index (χ0n) is 18.0. The number of halogens is 1. The first-order valence-electron chi connectivity index (χ1n) is 11.2.